The van der Waals surface area contributed by atoms with Gasteiger partial charge in [0.15, 0.2) is 0 Å². The van der Waals surface area contributed by atoms with Gasteiger partial charge in [-0.1, -0.05) is 25.3 Å². The first-order valence-corrected chi connectivity index (χ1v) is 8.23. The standard InChI is InChI=1S/C19H21FN2O2/c1-2-6-18(14-7-4-3-5-8-14)16(13-21)11-15-12-17(20)9-10-19(15)22(23)24/h2,9-12,14,18H,1,3-8H2. The molecule has 1 aromatic rings. The summed E-state index contributed by atoms with van der Waals surface area (Å²) in [6, 6.07) is 5.50. The molecule has 0 heterocycles. The first-order chi connectivity index (χ1) is 11.6. The van der Waals surface area contributed by atoms with E-state index >= 15 is 0 Å². The van der Waals surface area contributed by atoms with Crippen molar-refractivity contribution in [1.82, 2.24) is 0 Å². The lowest BCUT2D eigenvalue weighted by molar-refractivity contribution is -0.385. The van der Waals surface area contributed by atoms with Crippen molar-refractivity contribution in [3.63, 3.8) is 0 Å². The largest absolute Gasteiger partial charge is 0.276 e. The van der Waals surface area contributed by atoms with E-state index in [9.17, 15) is 19.8 Å². The van der Waals surface area contributed by atoms with Gasteiger partial charge in [0.1, 0.15) is 5.82 Å². The molecule has 0 aliphatic heterocycles. The molecule has 1 aliphatic rings. The monoisotopic (exact) mass is 328 g/mol. The van der Waals surface area contributed by atoms with Gasteiger partial charge in [0.2, 0.25) is 0 Å². The summed E-state index contributed by atoms with van der Waals surface area (Å²) in [5.74, 6) is -0.201. The topological polar surface area (TPSA) is 66.9 Å². The molecule has 1 unspecified atom stereocenters. The van der Waals surface area contributed by atoms with Crippen LogP contribution in [-0.2, 0) is 0 Å². The van der Waals surface area contributed by atoms with Gasteiger partial charge in [0, 0.05) is 17.6 Å². The van der Waals surface area contributed by atoms with Gasteiger partial charge in [0.25, 0.3) is 5.69 Å². The summed E-state index contributed by atoms with van der Waals surface area (Å²) in [5, 5.41) is 20.8. The maximum atomic E-state index is 13.5. The van der Waals surface area contributed by atoms with Crippen LogP contribution < -0.4 is 0 Å². The summed E-state index contributed by atoms with van der Waals surface area (Å²) < 4.78 is 13.5. The van der Waals surface area contributed by atoms with Crippen LogP contribution in [0.2, 0.25) is 0 Å². The van der Waals surface area contributed by atoms with Gasteiger partial charge in [-0.2, -0.15) is 5.26 Å². The van der Waals surface area contributed by atoms with E-state index in [2.05, 4.69) is 12.6 Å². The highest BCUT2D eigenvalue weighted by atomic mass is 19.1. The third-order valence-electron chi connectivity index (χ3n) is 4.67. The van der Waals surface area contributed by atoms with Gasteiger partial charge in [-0.3, -0.25) is 10.1 Å². The first-order valence-electron chi connectivity index (χ1n) is 8.23. The van der Waals surface area contributed by atoms with E-state index in [1.165, 1.54) is 12.5 Å². The van der Waals surface area contributed by atoms with Gasteiger partial charge >= 0.3 is 0 Å². The number of nitro groups is 1. The molecular weight excluding hydrogens is 307 g/mol. The molecule has 0 spiro atoms. The fourth-order valence-electron chi connectivity index (χ4n) is 3.49. The number of nitriles is 1. The minimum Gasteiger partial charge on any atom is -0.258 e. The van der Waals surface area contributed by atoms with E-state index in [-0.39, 0.29) is 17.2 Å². The predicted octanol–water partition coefficient (Wildman–Crippen LogP) is 5.41. The highest BCUT2D eigenvalue weighted by Crippen LogP contribution is 2.37. The molecule has 5 heteroatoms. The van der Waals surface area contributed by atoms with E-state index < -0.39 is 10.7 Å². The summed E-state index contributed by atoms with van der Waals surface area (Å²) in [6.07, 6.45) is 9.47. The Bertz CT molecular complexity index is 685. The van der Waals surface area contributed by atoms with Crippen molar-refractivity contribution in [2.45, 2.75) is 38.5 Å². The molecule has 0 bridgehead atoms. The number of halogens is 1. The molecule has 0 saturated heterocycles. The summed E-state index contributed by atoms with van der Waals surface area (Å²) in [6.45, 7) is 3.77. The molecule has 0 aromatic heterocycles. The Morgan fingerprint density at radius 1 is 1.46 bits per heavy atom. The Morgan fingerprint density at radius 3 is 2.75 bits per heavy atom. The van der Waals surface area contributed by atoms with E-state index in [4.69, 9.17) is 0 Å². The molecule has 1 atom stereocenters. The molecule has 0 amide bonds. The van der Waals surface area contributed by atoms with Crippen molar-refractivity contribution >= 4 is 11.8 Å². The molecule has 0 N–H and O–H groups in total. The molecule has 1 fully saturated rings. The van der Waals surface area contributed by atoms with Crippen LogP contribution in [0.15, 0.2) is 36.4 Å². The van der Waals surface area contributed by atoms with Crippen LogP contribution >= 0.6 is 0 Å². The van der Waals surface area contributed by atoms with E-state index in [0.29, 0.717) is 17.9 Å². The summed E-state index contributed by atoms with van der Waals surface area (Å²) in [5.41, 5.74) is 0.419. The summed E-state index contributed by atoms with van der Waals surface area (Å²) in [7, 11) is 0. The van der Waals surface area contributed by atoms with Gasteiger partial charge in [-0.15, -0.1) is 6.58 Å². The second-order valence-electron chi connectivity index (χ2n) is 6.20. The zero-order valence-corrected chi connectivity index (χ0v) is 13.6. The molecule has 1 aliphatic carbocycles. The Kier molecular flexibility index (Phi) is 6.25. The third kappa shape index (κ3) is 4.29. The number of rotatable bonds is 6. The van der Waals surface area contributed by atoms with Crippen LogP contribution in [0.25, 0.3) is 6.08 Å². The number of nitrogens with zero attached hydrogens (tertiary/aromatic N) is 2. The smallest absolute Gasteiger partial charge is 0.258 e. The highest BCUT2D eigenvalue weighted by Gasteiger charge is 2.26. The molecule has 4 nitrogen and oxygen atoms in total. The summed E-state index contributed by atoms with van der Waals surface area (Å²) >= 11 is 0. The SMILES string of the molecule is C=CCC(C(C#N)=Cc1cc(F)ccc1[N+](=O)[O-])C1CCCCC1. The quantitative estimate of drug-likeness (QED) is 0.303. The molecule has 1 aromatic carbocycles. The number of hydrogen-bond donors (Lipinski definition) is 0. The Labute approximate surface area is 141 Å². The number of nitro benzene ring substituents is 1. The second kappa shape index (κ2) is 8.39. The van der Waals surface area contributed by atoms with Gasteiger partial charge < -0.3 is 0 Å². The second-order valence-corrected chi connectivity index (χ2v) is 6.20. The number of benzene rings is 1. The zero-order valence-electron chi connectivity index (χ0n) is 13.6. The maximum absolute atomic E-state index is 13.5. The lowest BCUT2D eigenvalue weighted by Crippen LogP contribution is -2.19. The summed E-state index contributed by atoms with van der Waals surface area (Å²) in [4.78, 5) is 10.6. The fourth-order valence-corrected chi connectivity index (χ4v) is 3.49. The molecular formula is C19H21FN2O2. The van der Waals surface area contributed by atoms with E-state index in [1.54, 1.807) is 6.08 Å². The van der Waals surface area contributed by atoms with Crippen LogP contribution in [0.1, 0.15) is 44.1 Å². The molecule has 24 heavy (non-hydrogen) atoms. The van der Waals surface area contributed by atoms with Crippen molar-refractivity contribution in [3.8, 4) is 6.07 Å². The Morgan fingerprint density at radius 2 is 2.17 bits per heavy atom. The molecule has 126 valence electrons. The van der Waals surface area contributed by atoms with Crippen LogP contribution in [0.3, 0.4) is 0 Å². The third-order valence-corrected chi connectivity index (χ3v) is 4.67. The highest BCUT2D eigenvalue weighted by molar-refractivity contribution is 5.66. The first kappa shape index (κ1) is 17.9. The van der Waals surface area contributed by atoms with Crippen molar-refractivity contribution in [2.75, 3.05) is 0 Å². The zero-order chi connectivity index (χ0) is 17.5. The lowest BCUT2D eigenvalue weighted by atomic mass is 9.75. The fraction of sp³-hybridized carbons (Fsp3) is 0.421. The minimum absolute atomic E-state index is 0.0179. The van der Waals surface area contributed by atoms with Crippen molar-refractivity contribution in [3.05, 3.63) is 57.9 Å². The lowest BCUT2D eigenvalue weighted by Gasteiger charge is -2.29. The predicted molar refractivity (Wildman–Crippen MR) is 91.5 cm³/mol. The average molecular weight is 328 g/mol. The Balaban J connectivity index is 2.42. The maximum Gasteiger partial charge on any atom is 0.276 e. The number of allylic oxidation sites excluding steroid dienone is 2. The van der Waals surface area contributed by atoms with Gasteiger partial charge in [-0.25, -0.2) is 4.39 Å². The Hall–Kier alpha value is -2.48. The van der Waals surface area contributed by atoms with Crippen LogP contribution in [-0.4, -0.2) is 4.92 Å². The van der Waals surface area contributed by atoms with Gasteiger partial charge in [0.05, 0.1) is 16.6 Å². The van der Waals surface area contributed by atoms with Crippen molar-refractivity contribution in [1.29, 1.82) is 5.26 Å². The molecule has 1 saturated carbocycles. The van der Waals surface area contributed by atoms with Gasteiger partial charge in [-0.05, 0) is 43.4 Å². The normalized spacial score (nSPS) is 17.1. The molecule has 0 radical (unpaired) electrons. The van der Waals surface area contributed by atoms with Crippen LogP contribution in [0.4, 0.5) is 10.1 Å². The van der Waals surface area contributed by atoms with Crippen LogP contribution in [0, 0.1) is 39.1 Å². The molecule has 2 rings (SSSR count). The van der Waals surface area contributed by atoms with Crippen molar-refractivity contribution in [2.24, 2.45) is 11.8 Å². The van der Waals surface area contributed by atoms with E-state index in [1.807, 2.05) is 0 Å². The number of hydrogen-bond acceptors (Lipinski definition) is 3. The van der Waals surface area contributed by atoms with E-state index in [0.717, 1.165) is 43.9 Å². The van der Waals surface area contributed by atoms with Crippen LogP contribution in [0.5, 0.6) is 0 Å². The minimum atomic E-state index is -0.554. The van der Waals surface area contributed by atoms with Crippen molar-refractivity contribution < 1.29 is 9.31 Å². The average Bonchev–Trinajstić information content (AvgIpc) is 2.58.